The Hall–Kier alpha value is -1.92. The standard InChI is InChI=1S/C23H34N4O2/c28-22(26-16-14-25(15-17-26)18-20-6-2-1-3-7-20)19-24-12-8-21(9-13-24)23(29)27-10-4-5-11-27/h1-3,6-7,21H,4-5,8-19H2. The molecule has 0 atom stereocenters. The number of hydrogen-bond acceptors (Lipinski definition) is 4. The molecule has 2 amide bonds. The van der Waals surface area contributed by atoms with Crippen molar-refractivity contribution in [1.29, 1.82) is 0 Å². The Balaban J connectivity index is 1.16. The number of piperidine rings is 1. The summed E-state index contributed by atoms with van der Waals surface area (Å²) in [7, 11) is 0. The Morgan fingerprint density at radius 3 is 2.07 bits per heavy atom. The van der Waals surface area contributed by atoms with Gasteiger partial charge in [-0.05, 0) is 44.3 Å². The highest BCUT2D eigenvalue weighted by Gasteiger charge is 2.31. The van der Waals surface area contributed by atoms with E-state index in [1.54, 1.807) is 0 Å². The van der Waals surface area contributed by atoms with Crippen LogP contribution < -0.4 is 0 Å². The lowest BCUT2D eigenvalue weighted by Crippen LogP contribution is -2.52. The van der Waals surface area contributed by atoms with Crippen molar-refractivity contribution in [2.24, 2.45) is 5.92 Å². The van der Waals surface area contributed by atoms with Gasteiger partial charge in [-0.25, -0.2) is 0 Å². The number of piperazine rings is 1. The molecular weight excluding hydrogens is 364 g/mol. The summed E-state index contributed by atoms with van der Waals surface area (Å²) >= 11 is 0. The van der Waals surface area contributed by atoms with Gasteiger partial charge < -0.3 is 9.80 Å². The Labute approximate surface area is 174 Å². The molecular formula is C23H34N4O2. The molecule has 0 radical (unpaired) electrons. The fourth-order valence-corrected chi connectivity index (χ4v) is 4.82. The molecule has 29 heavy (non-hydrogen) atoms. The van der Waals surface area contributed by atoms with E-state index in [0.717, 1.165) is 84.6 Å². The molecule has 0 unspecified atom stereocenters. The van der Waals surface area contributed by atoms with Crippen LogP contribution in [-0.4, -0.2) is 90.3 Å². The first-order valence-corrected chi connectivity index (χ1v) is 11.2. The molecule has 0 N–H and O–H groups in total. The van der Waals surface area contributed by atoms with Gasteiger partial charge in [-0.1, -0.05) is 30.3 Å². The van der Waals surface area contributed by atoms with Crippen LogP contribution in [0.2, 0.25) is 0 Å². The van der Waals surface area contributed by atoms with E-state index in [0.29, 0.717) is 12.5 Å². The minimum absolute atomic E-state index is 0.168. The highest BCUT2D eigenvalue weighted by Crippen LogP contribution is 2.22. The zero-order valence-electron chi connectivity index (χ0n) is 17.5. The predicted octanol–water partition coefficient (Wildman–Crippen LogP) is 1.67. The molecule has 3 aliphatic rings. The Morgan fingerprint density at radius 1 is 0.759 bits per heavy atom. The number of carbonyl (C=O) groups excluding carboxylic acids is 2. The quantitative estimate of drug-likeness (QED) is 0.757. The van der Waals surface area contributed by atoms with Crippen LogP contribution >= 0.6 is 0 Å². The van der Waals surface area contributed by atoms with Crippen molar-refractivity contribution >= 4 is 11.8 Å². The van der Waals surface area contributed by atoms with Crippen LogP contribution in [0.25, 0.3) is 0 Å². The Bertz CT molecular complexity index is 673. The van der Waals surface area contributed by atoms with Gasteiger partial charge in [0.05, 0.1) is 6.54 Å². The summed E-state index contributed by atoms with van der Waals surface area (Å²) in [5, 5.41) is 0. The lowest BCUT2D eigenvalue weighted by molar-refractivity contribution is -0.137. The number of carbonyl (C=O) groups is 2. The van der Waals surface area contributed by atoms with E-state index in [1.807, 2.05) is 15.9 Å². The van der Waals surface area contributed by atoms with Gasteiger partial charge in [0.2, 0.25) is 11.8 Å². The van der Waals surface area contributed by atoms with Gasteiger partial charge in [-0.3, -0.25) is 19.4 Å². The number of benzene rings is 1. The van der Waals surface area contributed by atoms with Crippen LogP contribution in [0, 0.1) is 5.92 Å². The second kappa shape index (κ2) is 9.72. The first-order chi connectivity index (χ1) is 14.2. The Morgan fingerprint density at radius 2 is 1.41 bits per heavy atom. The summed E-state index contributed by atoms with van der Waals surface area (Å²) < 4.78 is 0. The van der Waals surface area contributed by atoms with Crippen LogP contribution in [0.4, 0.5) is 0 Å². The van der Waals surface area contributed by atoms with E-state index < -0.39 is 0 Å². The molecule has 0 aliphatic carbocycles. The number of hydrogen-bond donors (Lipinski definition) is 0. The monoisotopic (exact) mass is 398 g/mol. The number of rotatable bonds is 5. The lowest BCUT2D eigenvalue weighted by atomic mass is 9.95. The molecule has 6 nitrogen and oxygen atoms in total. The minimum Gasteiger partial charge on any atom is -0.342 e. The van der Waals surface area contributed by atoms with E-state index in [9.17, 15) is 9.59 Å². The average molecular weight is 399 g/mol. The van der Waals surface area contributed by atoms with Gasteiger partial charge in [0.1, 0.15) is 0 Å². The smallest absolute Gasteiger partial charge is 0.236 e. The van der Waals surface area contributed by atoms with Crippen molar-refractivity contribution in [2.75, 3.05) is 58.9 Å². The topological polar surface area (TPSA) is 47.1 Å². The molecule has 3 heterocycles. The maximum absolute atomic E-state index is 12.7. The fourth-order valence-electron chi connectivity index (χ4n) is 4.82. The van der Waals surface area contributed by atoms with Crippen LogP contribution in [-0.2, 0) is 16.1 Å². The SMILES string of the molecule is O=C(CN1CCC(C(=O)N2CCCC2)CC1)N1CCN(Cc2ccccc2)CC1. The molecule has 0 aromatic heterocycles. The van der Waals surface area contributed by atoms with E-state index in [4.69, 9.17) is 0 Å². The normalized spacial score (nSPS) is 22.2. The van der Waals surface area contributed by atoms with Crippen molar-refractivity contribution in [3.63, 3.8) is 0 Å². The first kappa shape index (κ1) is 20.4. The maximum atomic E-state index is 12.7. The first-order valence-electron chi connectivity index (χ1n) is 11.2. The average Bonchev–Trinajstić information content (AvgIpc) is 3.30. The van der Waals surface area contributed by atoms with E-state index >= 15 is 0 Å². The van der Waals surface area contributed by atoms with Crippen molar-refractivity contribution in [3.05, 3.63) is 35.9 Å². The summed E-state index contributed by atoms with van der Waals surface area (Å²) in [5.41, 5.74) is 1.33. The molecule has 6 heteroatoms. The highest BCUT2D eigenvalue weighted by molar-refractivity contribution is 5.80. The summed E-state index contributed by atoms with van der Waals surface area (Å²) in [6.45, 7) is 8.57. The van der Waals surface area contributed by atoms with Crippen LogP contribution in [0.5, 0.6) is 0 Å². The van der Waals surface area contributed by atoms with E-state index in [-0.39, 0.29) is 11.8 Å². The minimum atomic E-state index is 0.168. The third kappa shape index (κ3) is 5.37. The lowest BCUT2D eigenvalue weighted by Gasteiger charge is -2.37. The molecule has 3 fully saturated rings. The highest BCUT2D eigenvalue weighted by atomic mass is 16.2. The van der Waals surface area contributed by atoms with Gasteiger partial charge in [0.25, 0.3) is 0 Å². The molecule has 158 valence electrons. The van der Waals surface area contributed by atoms with Crippen LogP contribution in [0.15, 0.2) is 30.3 Å². The number of likely N-dealkylation sites (tertiary alicyclic amines) is 2. The molecule has 1 aromatic carbocycles. The molecule has 0 spiro atoms. The molecule has 4 rings (SSSR count). The van der Waals surface area contributed by atoms with Crippen molar-refractivity contribution in [2.45, 2.75) is 32.2 Å². The summed E-state index contributed by atoms with van der Waals surface area (Å²) in [6, 6.07) is 10.5. The maximum Gasteiger partial charge on any atom is 0.236 e. The third-order valence-electron chi connectivity index (χ3n) is 6.69. The number of amides is 2. The predicted molar refractivity (Wildman–Crippen MR) is 113 cm³/mol. The van der Waals surface area contributed by atoms with E-state index in [2.05, 4.69) is 34.1 Å². The second-order valence-electron chi connectivity index (χ2n) is 8.73. The molecule has 3 aliphatic heterocycles. The summed E-state index contributed by atoms with van der Waals surface area (Å²) in [4.78, 5) is 34.0. The summed E-state index contributed by atoms with van der Waals surface area (Å²) in [6.07, 6.45) is 4.09. The van der Waals surface area contributed by atoms with Gasteiger partial charge in [-0.2, -0.15) is 0 Å². The third-order valence-corrected chi connectivity index (χ3v) is 6.69. The van der Waals surface area contributed by atoms with Gasteiger partial charge >= 0.3 is 0 Å². The molecule has 0 bridgehead atoms. The van der Waals surface area contributed by atoms with Crippen molar-refractivity contribution in [1.82, 2.24) is 19.6 Å². The fraction of sp³-hybridized carbons (Fsp3) is 0.652. The van der Waals surface area contributed by atoms with Gasteiger partial charge in [0, 0.05) is 51.7 Å². The van der Waals surface area contributed by atoms with E-state index in [1.165, 1.54) is 5.56 Å². The van der Waals surface area contributed by atoms with Crippen LogP contribution in [0.3, 0.4) is 0 Å². The summed E-state index contributed by atoms with van der Waals surface area (Å²) in [5.74, 6) is 0.762. The molecule has 1 aromatic rings. The largest absolute Gasteiger partial charge is 0.342 e. The second-order valence-corrected chi connectivity index (χ2v) is 8.73. The van der Waals surface area contributed by atoms with Crippen molar-refractivity contribution in [3.8, 4) is 0 Å². The Kier molecular flexibility index (Phi) is 6.82. The van der Waals surface area contributed by atoms with Crippen LogP contribution in [0.1, 0.15) is 31.2 Å². The van der Waals surface area contributed by atoms with Gasteiger partial charge in [-0.15, -0.1) is 0 Å². The zero-order chi connectivity index (χ0) is 20.1. The number of nitrogens with zero attached hydrogens (tertiary/aromatic N) is 4. The van der Waals surface area contributed by atoms with Crippen molar-refractivity contribution < 1.29 is 9.59 Å². The zero-order valence-corrected chi connectivity index (χ0v) is 17.5. The molecule has 0 saturated carbocycles. The molecule has 3 saturated heterocycles. The van der Waals surface area contributed by atoms with Gasteiger partial charge in [0.15, 0.2) is 0 Å².